The molecule has 14 heavy (non-hydrogen) atoms. The number of nitrogens with one attached hydrogen (secondary N) is 2. The van der Waals surface area contributed by atoms with E-state index in [0.29, 0.717) is 6.54 Å². The molecule has 1 amide bonds. The molecule has 0 aromatic rings. The molecule has 1 rings (SSSR count). The maximum Gasteiger partial charge on any atom is 0.238 e. The quantitative estimate of drug-likeness (QED) is 0.565. The maximum absolute atomic E-state index is 11.4. The molecule has 0 spiro atoms. The Kier molecular flexibility index (Phi) is 5.29. The molecule has 1 saturated heterocycles. The number of aliphatic hydroxyl groups excluding tert-OH is 1. The van der Waals surface area contributed by atoms with Gasteiger partial charge in [0, 0.05) is 18.2 Å². The molecule has 1 heterocycles. The number of amides is 1. The average molecular weight is 218 g/mol. The van der Waals surface area contributed by atoms with Crippen LogP contribution in [-0.2, 0) is 4.79 Å². The normalized spacial score (nSPS) is 23.4. The van der Waals surface area contributed by atoms with Gasteiger partial charge in [-0.3, -0.25) is 10.1 Å². The molecular formula is C9H18N2O2S. The molecule has 1 aliphatic heterocycles. The highest BCUT2D eigenvalue weighted by atomic mass is 32.2. The topological polar surface area (TPSA) is 61.4 Å². The molecule has 1 aliphatic rings. The van der Waals surface area contributed by atoms with E-state index < -0.39 is 0 Å². The summed E-state index contributed by atoms with van der Waals surface area (Å²) in [6.07, 6.45) is 1.31. The molecule has 0 aliphatic carbocycles. The van der Waals surface area contributed by atoms with Gasteiger partial charge in [-0.25, -0.2) is 0 Å². The van der Waals surface area contributed by atoms with Gasteiger partial charge in [0.1, 0.15) is 0 Å². The van der Waals surface area contributed by atoms with Gasteiger partial charge in [0.2, 0.25) is 5.91 Å². The Morgan fingerprint density at radius 3 is 3.14 bits per heavy atom. The van der Waals surface area contributed by atoms with E-state index in [9.17, 15) is 4.79 Å². The predicted molar refractivity (Wildman–Crippen MR) is 58.2 cm³/mol. The third-order valence-electron chi connectivity index (χ3n) is 2.13. The summed E-state index contributed by atoms with van der Waals surface area (Å²) in [5.41, 5.74) is 0. The molecule has 4 nitrogen and oxygen atoms in total. The second-order valence-corrected chi connectivity index (χ2v) is 4.58. The van der Waals surface area contributed by atoms with Crippen molar-refractivity contribution in [1.82, 2.24) is 10.6 Å². The molecule has 0 bridgehead atoms. The van der Waals surface area contributed by atoms with Crippen molar-refractivity contribution in [3.8, 4) is 0 Å². The molecule has 0 aromatic carbocycles. The second-order valence-electron chi connectivity index (χ2n) is 3.55. The van der Waals surface area contributed by atoms with Gasteiger partial charge in [-0.1, -0.05) is 0 Å². The van der Waals surface area contributed by atoms with Crippen LogP contribution in [0.25, 0.3) is 0 Å². The van der Waals surface area contributed by atoms with Gasteiger partial charge < -0.3 is 10.4 Å². The zero-order valence-electron chi connectivity index (χ0n) is 8.45. The van der Waals surface area contributed by atoms with E-state index in [1.165, 1.54) is 0 Å². The van der Waals surface area contributed by atoms with E-state index in [1.807, 2.05) is 0 Å². The van der Waals surface area contributed by atoms with Gasteiger partial charge in [-0.2, -0.15) is 0 Å². The van der Waals surface area contributed by atoms with Crippen LogP contribution in [0.4, 0.5) is 0 Å². The first-order chi connectivity index (χ1) is 6.70. The van der Waals surface area contributed by atoms with Crippen LogP contribution in [0.15, 0.2) is 0 Å². The van der Waals surface area contributed by atoms with Gasteiger partial charge >= 0.3 is 0 Å². The molecular weight excluding hydrogens is 200 g/mol. The first-order valence-corrected chi connectivity index (χ1v) is 6.12. The zero-order valence-corrected chi connectivity index (χ0v) is 9.27. The van der Waals surface area contributed by atoms with E-state index >= 15 is 0 Å². The molecule has 0 saturated carbocycles. The second kappa shape index (κ2) is 6.27. The monoisotopic (exact) mass is 218 g/mol. The van der Waals surface area contributed by atoms with Crippen molar-refractivity contribution >= 4 is 17.7 Å². The number of carbonyl (C=O) groups excluding carboxylic acids is 1. The third-order valence-corrected chi connectivity index (χ3v) is 3.07. The van der Waals surface area contributed by atoms with Crippen LogP contribution < -0.4 is 10.6 Å². The minimum atomic E-state index is -0.271. The predicted octanol–water partition coefficient (Wildman–Crippen LogP) is -0.0739. The van der Waals surface area contributed by atoms with Crippen molar-refractivity contribution in [1.29, 1.82) is 0 Å². The Labute approximate surface area is 88.8 Å². The summed E-state index contributed by atoms with van der Waals surface area (Å²) in [6.45, 7) is 2.42. The smallest absolute Gasteiger partial charge is 0.238 e. The molecule has 1 fully saturated rings. The fourth-order valence-corrected chi connectivity index (χ4v) is 2.24. The summed E-state index contributed by atoms with van der Waals surface area (Å²) in [4.78, 5) is 11.4. The first kappa shape index (κ1) is 11.8. The SMILES string of the molecule is CC(O)CCCNC(=O)C1CSCN1. The van der Waals surface area contributed by atoms with Crippen molar-refractivity contribution in [3.05, 3.63) is 0 Å². The summed E-state index contributed by atoms with van der Waals surface area (Å²) >= 11 is 1.74. The zero-order chi connectivity index (χ0) is 10.4. The van der Waals surface area contributed by atoms with E-state index in [0.717, 1.165) is 24.5 Å². The van der Waals surface area contributed by atoms with Crippen molar-refractivity contribution in [2.75, 3.05) is 18.2 Å². The third kappa shape index (κ3) is 4.30. The van der Waals surface area contributed by atoms with Gasteiger partial charge in [-0.15, -0.1) is 11.8 Å². The maximum atomic E-state index is 11.4. The van der Waals surface area contributed by atoms with Crippen LogP contribution in [0.2, 0.25) is 0 Å². The lowest BCUT2D eigenvalue weighted by molar-refractivity contribution is -0.122. The highest BCUT2D eigenvalue weighted by molar-refractivity contribution is 7.99. The van der Waals surface area contributed by atoms with Gasteiger partial charge in [0.05, 0.1) is 12.1 Å². The molecule has 0 aromatic heterocycles. The summed E-state index contributed by atoms with van der Waals surface area (Å²) in [5.74, 6) is 1.81. The number of aliphatic hydroxyl groups is 1. The molecule has 3 N–H and O–H groups in total. The standard InChI is InChI=1S/C9H18N2O2S/c1-7(12)3-2-4-10-9(13)8-5-14-6-11-8/h7-8,11-12H,2-6H2,1H3,(H,10,13). The van der Waals surface area contributed by atoms with E-state index in [-0.39, 0.29) is 18.1 Å². The number of hydrogen-bond acceptors (Lipinski definition) is 4. The molecule has 82 valence electrons. The minimum Gasteiger partial charge on any atom is -0.393 e. The number of hydrogen-bond donors (Lipinski definition) is 3. The lowest BCUT2D eigenvalue weighted by Gasteiger charge is -2.10. The van der Waals surface area contributed by atoms with Crippen LogP contribution in [0, 0.1) is 0 Å². The van der Waals surface area contributed by atoms with E-state index in [2.05, 4.69) is 10.6 Å². The number of rotatable bonds is 5. The fraction of sp³-hybridized carbons (Fsp3) is 0.889. The van der Waals surface area contributed by atoms with Crippen molar-refractivity contribution in [3.63, 3.8) is 0 Å². The fourth-order valence-electron chi connectivity index (χ4n) is 1.30. The van der Waals surface area contributed by atoms with Gasteiger partial charge in [0.15, 0.2) is 0 Å². The molecule has 5 heteroatoms. The number of thioether (sulfide) groups is 1. The largest absolute Gasteiger partial charge is 0.393 e. The highest BCUT2D eigenvalue weighted by Crippen LogP contribution is 2.09. The Morgan fingerprint density at radius 1 is 1.79 bits per heavy atom. The Hall–Kier alpha value is -0.260. The minimum absolute atomic E-state index is 0.0217. The Bertz CT molecular complexity index is 182. The Morgan fingerprint density at radius 2 is 2.57 bits per heavy atom. The first-order valence-electron chi connectivity index (χ1n) is 4.97. The lowest BCUT2D eigenvalue weighted by atomic mass is 10.2. The highest BCUT2D eigenvalue weighted by Gasteiger charge is 2.21. The van der Waals surface area contributed by atoms with Crippen LogP contribution in [0.5, 0.6) is 0 Å². The van der Waals surface area contributed by atoms with Gasteiger partial charge in [0.25, 0.3) is 0 Å². The molecule has 2 atom stereocenters. The lowest BCUT2D eigenvalue weighted by Crippen LogP contribution is -2.42. The van der Waals surface area contributed by atoms with Crippen LogP contribution in [0.3, 0.4) is 0 Å². The van der Waals surface area contributed by atoms with E-state index in [1.54, 1.807) is 18.7 Å². The summed E-state index contributed by atoms with van der Waals surface area (Å²) in [5, 5.41) is 15.0. The summed E-state index contributed by atoms with van der Waals surface area (Å²) in [7, 11) is 0. The van der Waals surface area contributed by atoms with Crippen molar-refractivity contribution in [2.45, 2.75) is 31.9 Å². The average Bonchev–Trinajstić information content (AvgIpc) is 2.64. The van der Waals surface area contributed by atoms with Gasteiger partial charge in [-0.05, 0) is 19.8 Å². The van der Waals surface area contributed by atoms with E-state index in [4.69, 9.17) is 5.11 Å². The Balaban J connectivity index is 2.03. The van der Waals surface area contributed by atoms with Crippen LogP contribution in [0.1, 0.15) is 19.8 Å². The molecule has 2 unspecified atom stereocenters. The van der Waals surface area contributed by atoms with Crippen molar-refractivity contribution in [2.24, 2.45) is 0 Å². The van der Waals surface area contributed by atoms with Crippen molar-refractivity contribution < 1.29 is 9.90 Å². The van der Waals surface area contributed by atoms with Crippen LogP contribution in [-0.4, -0.2) is 41.3 Å². The van der Waals surface area contributed by atoms with Crippen LogP contribution >= 0.6 is 11.8 Å². The summed E-state index contributed by atoms with van der Waals surface area (Å²) < 4.78 is 0. The summed E-state index contributed by atoms with van der Waals surface area (Å²) in [6, 6.07) is -0.0217. The molecule has 0 radical (unpaired) electrons. The number of carbonyl (C=O) groups is 1.